The third-order valence-corrected chi connectivity index (χ3v) is 4.43. The molecule has 0 atom stereocenters. The van der Waals surface area contributed by atoms with E-state index in [-0.39, 0.29) is 0 Å². The van der Waals surface area contributed by atoms with Gasteiger partial charge in [0, 0.05) is 33.0 Å². The fraction of sp³-hybridized carbons (Fsp3) is 0.750. The Labute approximate surface area is 174 Å². The minimum atomic E-state index is 0.700. The summed E-state index contributed by atoms with van der Waals surface area (Å²) >= 11 is 0. The molecular formula is C24H46N2O2. The summed E-state index contributed by atoms with van der Waals surface area (Å²) < 4.78 is 11.1. The number of allylic oxidation sites excluding steroid dienone is 5. The molecule has 0 amide bonds. The quantitative estimate of drug-likeness (QED) is 0.235. The summed E-state index contributed by atoms with van der Waals surface area (Å²) in [5.41, 5.74) is 9.79. The molecule has 0 aromatic heterocycles. The first-order valence-corrected chi connectivity index (χ1v) is 11.1. The highest BCUT2D eigenvalue weighted by molar-refractivity contribution is 5.05. The van der Waals surface area contributed by atoms with Crippen molar-refractivity contribution in [2.75, 3.05) is 46.1 Å². The molecule has 28 heavy (non-hydrogen) atoms. The minimum Gasteiger partial charge on any atom is -0.381 e. The molecule has 3 N–H and O–H groups in total. The average Bonchev–Trinajstić information content (AvgIpc) is 2.65. The van der Waals surface area contributed by atoms with Gasteiger partial charge in [0.2, 0.25) is 0 Å². The van der Waals surface area contributed by atoms with Crippen LogP contribution >= 0.6 is 0 Å². The first kappa shape index (κ1) is 27.1. The zero-order valence-electron chi connectivity index (χ0n) is 19.0. The maximum absolute atomic E-state index is 5.61. The van der Waals surface area contributed by atoms with Crippen LogP contribution in [0.1, 0.15) is 72.6 Å². The molecule has 0 aliphatic carbocycles. The highest BCUT2D eigenvalue weighted by atomic mass is 16.5. The molecule has 0 bridgehead atoms. The molecule has 0 saturated carbocycles. The highest BCUT2D eigenvalue weighted by Gasteiger charge is 1.94. The SMILES string of the molecule is CC(C)=CCCC(C)=CCCC(C)=CCNCCCOCCCOCCCN. The minimum absolute atomic E-state index is 0.700. The Morgan fingerprint density at radius 3 is 1.96 bits per heavy atom. The van der Waals surface area contributed by atoms with Crippen LogP contribution in [0.25, 0.3) is 0 Å². The second kappa shape index (κ2) is 20.8. The van der Waals surface area contributed by atoms with Gasteiger partial charge in [0.1, 0.15) is 0 Å². The summed E-state index contributed by atoms with van der Waals surface area (Å²) in [7, 11) is 0. The maximum atomic E-state index is 5.61. The lowest BCUT2D eigenvalue weighted by Gasteiger charge is -2.06. The Morgan fingerprint density at radius 1 is 0.750 bits per heavy atom. The van der Waals surface area contributed by atoms with E-state index in [1.54, 1.807) is 0 Å². The smallest absolute Gasteiger partial charge is 0.0487 e. The van der Waals surface area contributed by atoms with Gasteiger partial charge in [-0.25, -0.2) is 0 Å². The van der Waals surface area contributed by atoms with E-state index >= 15 is 0 Å². The Hall–Kier alpha value is -0.940. The van der Waals surface area contributed by atoms with Gasteiger partial charge in [-0.05, 0) is 85.7 Å². The van der Waals surface area contributed by atoms with E-state index in [4.69, 9.17) is 15.2 Å². The third kappa shape index (κ3) is 21.4. The molecule has 0 aromatic carbocycles. The number of rotatable bonds is 19. The van der Waals surface area contributed by atoms with E-state index < -0.39 is 0 Å². The molecule has 0 rings (SSSR count). The van der Waals surface area contributed by atoms with Gasteiger partial charge in [0.05, 0.1) is 0 Å². The summed E-state index contributed by atoms with van der Waals surface area (Å²) in [5.74, 6) is 0. The van der Waals surface area contributed by atoms with Crippen molar-refractivity contribution < 1.29 is 9.47 Å². The van der Waals surface area contributed by atoms with Gasteiger partial charge >= 0.3 is 0 Å². The van der Waals surface area contributed by atoms with E-state index in [0.717, 1.165) is 78.0 Å². The predicted octanol–water partition coefficient (Wildman–Crippen LogP) is 5.16. The fourth-order valence-electron chi connectivity index (χ4n) is 2.64. The molecule has 4 heteroatoms. The standard InChI is InChI=1S/C24H46N2O2/c1-22(2)10-5-11-23(3)12-6-13-24(4)14-17-26-16-8-19-28-21-9-20-27-18-7-15-25/h10,12,14,26H,5-9,11,13,15-21,25H2,1-4H3. The summed E-state index contributed by atoms with van der Waals surface area (Å²) in [6.07, 6.45) is 14.6. The number of nitrogens with one attached hydrogen (secondary N) is 1. The zero-order valence-corrected chi connectivity index (χ0v) is 19.0. The predicted molar refractivity (Wildman–Crippen MR) is 123 cm³/mol. The van der Waals surface area contributed by atoms with Gasteiger partial charge in [-0.1, -0.05) is 34.9 Å². The Morgan fingerprint density at radius 2 is 1.32 bits per heavy atom. The summed E-state index contributed by atoms with van der Waals surface area (Å²) in [4.78, 5) is 0. The highest BCUT2D eigenvalue weighted by Crippen LogP contribution is 2.11. The molecule has 0 fully saturated rings. The van der Waals surface area contributed by atoms with Crippen LogP contribution in [-0.4, -0.2) is 46.1 Å². The summed E-state index contributed by atoms with van der Waals surface area (Å²) in [6.45, 7) is 14.6. The van der Waals surface area contributed by atoms with Gasteiger partial charge in [-0.3, -0.25) is 0 Å². The molecule has 0 aromatic rings. The monoisotopic (exact) mass is 394 g/mol. The summed E-state index contributed by atoms with van der Waals surface area (Å²) in [5, 5.41) is 3.46. The Balaban J connectivity index is 3.48. The molecule has 0 heterocycles. The van der Waals surface area contributed by atoms with Crippen molar-refractivity contribution in [1.82, 2.24) is 5.32 Å². The van der Waals surface area contributed by atoms with Gasteiger partial charge in [0.25, 0.3) is 0 Å². The van der Waals surface area contributed by atoms with Gasteiger partial charge in [-0.15, -0.1) is 0 Å². The second-order valence-electron chi connectivity index (χ2n) is 7.74. The molecular weight excluding hydrogens is 348 g/mol. The molecule has 0 aliphatic rings. The lowest BCUT2D eigenvalue weighted by Crippen LogP contribution is -2.17. The van der Waals surface area contributed by atoms with Crippen molar-refractivity contribution in [3.8, 4) is 0 Å². The normalized spacial score (nSPS) is 12.5. The van der Waals surface area contributed by atoms with Gasteiger partial charge < -0.3 is 20.5 Å². The first-order valence-electron chi connectivity index (χ1n) is 11.1. The van der Waals surface area contributed by atoms with E-state index in [2.05, 4.69) is 51.2 Å². The first-order chi connectivity index (χ1) is 13.6. The molecule has 0 saturated heterocycles. The number of ether oxygens (including phenoxy) is 2. The van der Waals surface area contributed by atoms with E-state index in [1.165, 1.54) is 23.1 Å². The number of hydrogen-bond acceptors (Lipinski definition) is 4. The van der Waals surface area contributed by atoms with E-state index in [9.17, 15) is 0 Å². The van der Waals surface area contributed by atoms with Crippen molar-refractivity contribution in [2.45, 2.75) is 72.6 Å². The number of nitrogens with two attached hydrogens (primary N) is 1. The summed E-state index contributed by atoms with van der Waals surface area (Å²) in [6, 6.07) is 0. The van der Waals surface area contributed by atoms with Crippen LogP contribution in [0, 0.1) is 0 Å². The topological polar surface area (TPSA) is 56.5 Å². The molecule has 0 radical (unpaired) electrons. The van der Waals surface area contributed by atoms with Crippen LogP contribution in [0.3, 0.4) is 0 Å². The average molecular weight is 395 g/mol. The fourth-order valence-corrected chi connectivity index (χ4v) is 2.64. The van der Waals surface area contributed by atoms with Crippen molar-refractivity contribution >= 4 is 0 Å². The lowest BCUT2D eigenvalue weighted by atomic mass is 10.1. The number of hydrogen-bond donors (Lipinski definition) is 2. The van der Waals surface area contributed by atoms with E-state index in [1.807, 2.05) is 0 Å². The van der Waals surface area contributed by atoms with E-state index in [0.29, 0.717) is 6.54 Å². The van der Waals surface area contributed by atoms with Crippen molar-refractivity contribution in [1.29, 1.82) is 0 Å². The molecule has 0 unspecified atom stereocenters. The van der Waals surface area contributed by atoms with Crippen LogP contribution < -0.4 is 11.1 Å². The zero-order chi connectivity index (χ0) is 20.9. The Kier molecular flexibility index (Phi) is 20.1. The molecule has 0 spiro atoms. The van der Waals surface area contributed by atoms with Crippen molar-refractivity contribution in [3.63, 3.8) is 0 Å². The van der Waals surface area contributed by atoms with Gasteiger partial charge in [-0.2, -0.15) is 0 Å². The van der Waals surface area contributed by atoms with Gasteiger partial charge in [0.15, 0.2) is 0 Å². The Bertz CT molecular complexity index is 438. The van der Waals surface area contributed by atoms with Crippen LogP contribution in [0.5, 0.6) is 0 Å². The van der Waals surface area contributed by atoms with Crippen LogP contribution in [0.4, 0.5) is 0 Å². The molecule has 164 valence electrons. The van der Waals surface area contributed by atoms with Crippen LogP contribution in [-0.2, 0) is 9.47 Å². The van der Waals surface area contributed by atoms with Crippen molar-refractivity contribution in [2.24, 2.45) is 5.73 Å². The second-order valence-corrected chi connectivity index (χ2v) is 7.74. The molecule has 4 nitrogen and oxygen atoms in total. The van der Waals surface area contributed by atoms with Crippen LogP contribution in [0.15, 0.2) is 34.9 Å². The molecule has 0 aliphatic heterocycles. The third-order valence-electron chi connectivity index (χ3n) is 4.43. The largest absolute Gasteiger partial charge is 0.381 e. The van der Waals surface area contributed by atoms with Crippen LogP contribution in [0.2, 0.25) is 0 Å². The van der Waals surface area contributed by atoms with Crippen molar-refractivity contribution in [3.05, 3.63) is 34.9 Å². The maximum Gasteiger partial charge on any atom is 0.0487 e. The lowest BCUT2D eigenvalue weighted by molar-refractivity contribution is 0.0815.